The molecular weight excluding hydrogens is 377 g/mol. The molecule has 0 aliphatic carbocycles. The summed E-state index contributed by atoms with van der Waals surface area (Å²) in [6, 6.07) is 0. The van der Waals surface area contributed by atoms with Crippen LogP contribution in [0.5, 0.6) is 0 Å². The zero-order chi connectivity index (χ0) is 19.1. The first-order valence-electron chi connectivity index (χ1n) is 9.24. The largest absolute Gasteiger partial charge is 0.381 e. The third kappa shape index (κ3) is 4.02. The summed E-state index contributed by atoms with van der Waals surface area (Å²) < 4.78 is 50.8. The summed E-state index contributed by atoms with van der Waals surface area (Å²) in [6.07, 6.45) is 4.49. The lowest BCUT2D eigenvalue weighted by atomic mass is 9.91. The number of carbonyl (C=O) groups is 1. The van der Waals surface area contributed by atoms with E-state index < -0.39 is 26.5 Å². The summed E-state index contributed by atoms with van der Waals surface area (Å²) in [5.74, 6) is -0.214. The van der Waals surface area contributed by atoms with Gasteiger partial charge in [0.1, 0.15) is 10.9 Å². The van der Waals surface area contributed by atoms with Crippen LogP contribution in [0, 0.1) is 11.7 Å². The Hall–Kier alpha value is -1.52. The van der Waals surface area contributed by atoms with Gasteiger partial charge in [0, 0.05) is 19.6 Å². The number of likely N-dealkylation sites (tertiary alicyclic amines) is 1. The predicted molar refractivity (Wildman–Crippen MR) is 93.2 cm³/mol. The van der Waals surface area contributed by atoms with Crippen LogP contribution >= 0.6 is 0 Å². The first-order chi connectivity index (χ1) is 12.9. The smallest absolute Gasteiger partial charge is 0.223 e. The molecule has 4 rings (SSSR count). The van der Waals surface area contributed by atoms with Crippen molar-refractivity contribution < 1.29 is 27.1 Å². The van der Waals surface area contributed by atoms with Gasteiger partial charge in [0.05, 0.1) is 44.4 Å². The average Bonchev–Trinajstić information content (AvgIpc) is 3.00. The SMILES string of the molecule is O=C(CC1CCOCC1)N1CC2(C1)CS(=O)(=O)[C@@H](Cn1cc(F)cn1)CO2. The maximum atomic E-state index is 13.0. The topological polar surface area (TPSA) is 90.7 Å². The molecule has 0 saturated carbocycles. The van der Waals surface area contributed by atoms with E-state index in [1.54, 1.807) is 4.90 Å². The number of amides is 1. The molecule has 0 aromatic carbocycles. The van der Waals surface area contributed by atoms with Crippen LogP contribution in [-0.4, -0.2) is 78.5 Å². The second-order valence-electron chi connectivity index (χ2n) is 7.81. The number of hydrogen-bond acceptors (Lipinski definition) is 6. The molecule has 0 radical (unpaired) electrons. The fourth-order valence-corrected chi connectivity index (χ4v) is 5.94. The van der Waals surface area contributed by atoms with Gasteiger partial charge >= 0.3 is 0 Å². The highest BCUT2D eigenvalue weighted by Gasteiger charge is 2.53. The van der Waals surface area contributed by atoms with E-state index in [0.717, 1.165) is 19.0 Å². The molecule has 150 valence electrons. The van der Waals surface area contributed by atoms with Crippen molar-refractivity contribution in [1.82, 2.24) is 14.7 Å². The van der Waals surface area contributed by atoms with Gasteiger partial charge in [0.15, 0.2) is 15.7 Å². The number of sulfone groups is 1. The van der Waals surface area contributed by atoms with Crippen molar-refractivity contribution in [3.8, 4) is 0 Å². The number of nitrogens with zero attached hydrogens (tertiary/aromatic N) is 3. The van der Waals surface area contributed by atoms with Crippen LogP contribution in [-0.2, 0) is 30.7 Å². The van der Waals surface area contributed by atoms with Gasteiger partial charge in [0.25, 0.3) is 0 Å². The quantitative estimate of drug-likeness (QED) is 0.718. The van der Waals surface area contributed by atoms with Crippen molar-refractivity contribution in [3.63, 3.8) is 0 Å². The van der Waals surface area contributed by atoms with Crippen LogP contribution in [0.3, 0.4) is 0 Å². The van der Waals surface area contributed by atoms with E-state index in [0.29, 0.717) is 38.6 Å². The summed E-state index contributed by atoms with van der Waals surface area (Å²) in [5.41, 5.74) is -0.796. The van der Waals surface area contributed by atoms with E-state index in [1.807, 2.05) is 0 Å². The highest BCUT2D eigenvalue weighted by molar-refractivity contribution is 7.92. The third-order valence-electron chi connectivity index (χ3n) is 5.65. The summed E-state index contributed by atoms with van der Waals surface area (Å²) >= 11 is 0. The van der Waals surface area contributed by atoms with Gasteiger partial charge in [-0.05, 0) is 18.8 Å². The van der Waals surface area contributed by atoms with Crippen LogP contribution in [0.25, 0.3) is 0 Å². The van der Waals surface area contributed by atoms with E-state index in [1.165, 1.54) is 10.9 Å². The molecule has 1 aromatic heterocycles. The molecule has 1 aromatic rings. The van der Waals surface area contributed by atoms with E-state index in [-0.39, 0.29) is 24.8 Å². The molecule has 1 amide bonds. The van der Waals surface area contributed by atoms with Crippen molar-refractivity contribution in [3.05, 3.63) is 18.2 Å². The van der Waals surface area contributed by atoms with E-state index in [9.17, 15) is 17.6 Å². The lowest BCUT2D eigenvalue weighted by Gasteiger charge is -2.52. The van der Waals surface area contributed by atoms with Gasteiger partial charge in [-0.15, -0.1) is 0 Å². The Morgan fingerprint density at radius 2 is 2.07 bits per heavy atom. The van der Waals surface area contributed by atoms with Gasteiger partial charge in [-0.3, -0.25) is 9.48 Å². The van der Waals surface area contributed by atoms with Gasteiger partial charge in [0.2, 0.25) is 5.91 Å². The fraction of sp³-hybridized carbons (Fsp3) is 0.765. The first-order valence-corrected chi connectivity index (χ1v) is 11.0. The standard InChI is InChI=1S/C17H24FN3O5S/c18-14-6-19-21(7-14)8-15-9-26-17(12-27(15,23)24)10-20(11-17)16(22)5-13-1-3-25-4-2-13/h6-7,13,15H,1-5,8-12H2/t15-/m0/s1. The number of aromatic nitrogens is 2. The number of carbonyl (C=O) groups excluding carboxylic acids is 1. The Balaban J connectivity index is 1.31. The highest BCUT2D eigenvalue weighted by Crippen LogP contribution is 2.34. The van der Waals surface area contributed by atoms with Crippen molar-refractivity contribution in [2.75, 3.05) is 38.7 Å². The third-order valence-corrected chi connectivity index (χ3v) is 7.88. The van der Waals surface area contributed by atoms with Crippen LogP contribution < -0.4 is 0 Å². The Morgan fingerprint density at radius 1 is 1.33 bits per heavy atom. The van der Waals surface area contributed by atoms with E-state index >= 15 is 0 Å². The minimum Gasteiger partial charge on any atom is -0.381 e. The van der Waals surface area contributed by atoms with Crippen LogP contribution in [0.1, 0.15) is 19.3 Å². The molecule has 3 aliphatic heterocycles. The van der Waals surface area contributed by atoms with E-state index in [4.69, 9.17) is 9.47 Å². The Kier molecular flexibility index (Phi) is 4.98. The molecule has 27 heavy (non-hydrogen) atoms. The summed E-state index contributed by atoms with van der Waals surface area (Å²) in [6.45, 7) is 2.13. The van der Waals surface area contributed by atoms with E-state index in [2.05, 4.69) is 5.10 Å². The van der Waals surface area contributed by atoms with Crippen LogP contribution in [0.15, 0.2) is 12.4 Å². The van der Waals surface area contributed by atoms with Crippen LogP contribution in [0.4, 0.5) is 4.39 Å². The molecule has 0 bridgehead atoms. The Morgan fingerprint density at radius 3 is 2.70 bits per heavy atom. The normalized spacial score (nSPS) is 27.4. The lowest BCUT2D eigenvalue weighted by molar-refractivity contribution is -0.166. The molecule has 3 fully saturated rings. The monoisotopic (exact) mass is 401 g/mol. The van der Waals surface area contributed by atoms with Gasteiger partial charge in [-0.2, -0.15) is 5.10 Å². The average molecular weight is 401 g/mol. The van der Waals surface area contributed by atoms with Crippen molar-refractivity contribution >= 4 is 15.7 Å². The molecular formula is C17H24FN3O5S. The Bertz CT molecular complexity index is 799. The number of hydrogen-bond donors (Lipinski definition) is 0. The van der Waals surface area contributed by atoms with Crippen LogP contribution in [0.2, 0.25) is 0 Å². The summed E-state index contributed by atoms with van der Waals surface area (Å²) in [4.78, 5) is 14.1. The summed E-state index contributed by atoms with van der Waals surface area (Å²) in [7, 11) is -3.42. The number of rotatable bonds is 4. The van der Waals surface area contributed by atoms with Crippen molar-refractivity contribution in [1.29, 1.82) is 0 Å². The fourth-order valence-electron chi connectivity index (χ4n) is 4.05. The molecule has 8 nitrogen and oxygen atoms in total. The predicted octanol–water partition coefficient (Wildman–Crippen LogP) is 0.234. The maximum absolute atomic E-state index is 13.0. The minimum absolute atomic E-state index is 0.0335. The maximum Gasteiger partial charge on any atom is 0.223 e. The molecule has 1 atom stereocenters. The first kappa shape index (κ1) is 18.8. The molecule has 4 heterocycles. The summed E-state index contributed by atoms with van der Waals surface area (Å²) in [5, 5.41) is 3.04. The van der Waals surface area contributed by atoms with Crippen molar-refractivity contribution in [2.45, 2.75) is 36.7 Å². The zero-order valence-electron chi connectivity index (χ0n) is 15.0. The second-order valence-corrected chi connectivity index (χ2v) is 10.1. The number of halogens is 1. The molecule has 3 aliphatic rings. The minimum atomic E-state index is -3.42. The van der Waals surface area contributed by atoms with Crippen molar-refractivity contribution in [2.24, 2.45) is 5.92 Å². The molecule has 0 N–H and O–H groups in total. The second kappa shape index (κ2) is 7.14. The van der Waals surface area contributed by atoms with Gasteiger partial charge < -0.3 is 14.4 Å². The zero-order valence-corrected chi connectivity index (χ0v) is 15.9. The van der Waals surface area contributed by atoms with Gasteiger partial charge in [-0.25, -0.2) is 12.8 Å². The van der Waals surface area contributed by atoms with Gasteiger partial charge in [-0.1, -0.05) is 0 Å². The highest BCUT2D eigenvalue weighted by atomic mass is 32.2. The lowest BCUT2D eigenvalue weighted by Crippen LogP contribution is -2.70. The number of ether oxygens (including phenoxy) is 2. The molecule has 3 saturated heterocycles. The Labute approximate surface area is 157 Å². The molecule has 10 heteroatoms. The molecule has 1 spiro atoms. The molecule has 0 unspecified atom stereocenters.